The van der Waals surface area contributed by atoms with E-state index in [0.717, 1.165) is 114 Å². The first-order valence-electron chi connectivity index (χ1n) is 32.4. The summed E-state index contributed by atoms with van der Waals surface area (Å²) in [5.74, 6) is -0.837. The van der Waals surface area contributed by atoms with E-state index in [1.54, 1.807) is 0 Å². The molecule has 2 saturated heterocycles. The number of nitrogens with zero attached hydrogens (tertiary/aromatic N) is 4. The van der Waals surface area contributed by atoms with Crippen LogP contribution in [0.25, 0.3) is 22.3 Å². The summed E-state index contributed by atoms with van der Waals surface area (Å²) in [6.07, 6.45) is 17.8. The van der Waals surface area contributed by atoms with Crippen molar-refractivity contribution in [2.75, 3.05) is 55.6 Å². The van der Waals surface area contributed by atoms with Gasteiger partial charge >= 0.3 is 0 Å². The van der Waals surface area contributed by atoms with Crippen molar-refractivity contribution in [3.05, 3.63) is 151 Å². The number of pyridine rings is 1. The van der Waals surface area contributed by atoms with E-state index >= 15 is 0 Å². The maximum Gasteiger partial charge on any atom is 0.253 e. The Labute approximate surface area is 509 Å². The number of carbonyl (C=O) groups is 3. The maximum atomic E-state index is 13.8. The average Bonchev–Trinajstić information content (AvgIpc) is 3.47. The molecule has 4 aliphatic rings. The Morgan fingerprint density at radius 3 is 1.45 bits per heavy atom. The normalized spacial score (nSPS) is 16.3. The molecule has 460 valence electrons. The quantitative estimate of drug-likeness (QED) is 0.0506. The summed E-state index contributed by atoms with van der Waals surface area (Å²) in [6.45, 7) is 28.2. The van der Waals surface area contributed by atoms with Crippen molar-refractivity contribution >= 4 is 29.1 Å². The number of aromatic amines is 1. The predicted octanol–water partition coefficient (Wildman–Crippen LogP) is 13.4. The first-order chi connectivity index (χ1) is 41.0. The lowest BCUT2D eigenvalue weighted by atomic mass is 9.91. The molecule has 13 nitrogen and oxygen atoms in total. The summed E-state index contributed by atoms with van der Waals surface area (Å²) in [7, 11) is 0. The van der Waals surface area contributed by atoms with Gasteiger partial charge in [0, 0.05) is 104 Å². The second-order valence-corrected chi connectivity index (χ2v) is 24.4. The van der Waals surface area contributed by atoms with Crippen LogP contribution in [-0.4, -0.2) is 102 Å². The molecule has 2 saturated carbocycles. The monoisotopic (exact) mass is 1160 g/mol. The number of piperidine rings is 2. The van der Waals surface area contributed by atoms with Crippen LogP contribution in [0.2, 0.25) is 0 Å². The molecular weight excluding hydrogens is 1060 g/mol. The van der Waals surface area contributed by atoms with E-state index in [9.17, 15) is 24.3 Å². The third-order valence-corrected chi connectivity index (χ3v) is 18.2. The van der Waals surface area contributed by atoms with Crippen LogP contribution >= 0.6 is 0 Å². The fourth-order valence-corrected chi connectivity index (χ4v) is 13.3. The highest BCUT2D eigenvalue weighted by molar-refractivity contribution is 6.01. The molecular formula is C72H102N8O5. The lowest BCUT2D eigenvalue weighted by Crippen LogP contribution is -2.37. The number of carbonyl (C=O) groups excluding carboxylic acids is 3. The number of allylic oxidation sites excluding steroid dienone is 1. The van der Waals surface area contributed by atoms with Crippen molar-refractivity contribution in [2.45, 2.75) is 203 Å². The Hall–Kier alpha value is -6.54. The highest BCUT2D eigenvalue weighted by Crippen LogP contribution is 2.38. The van der Waals surface area contributed by atoms with Gasteiger partial charge in [-0.2, -0.15) is 0 Å². The first kappa shape index (κ1) is 66.0. The van der Waals surface area contributed by atoms with E-state index in [-0.39, 0.29) is 36.6 Å². The molecule has 0 unspecified atom stereocenters. The smallest absolute Gasteiger partial charge is 0.253 e. The molecule has 6 N–H and O–H groups in total. The number of nitrogens with one attached hydrogen (secondary N) is 3. The summed E-state index contributed by atoms with van der Waals surface area (Å²) >= 11 is 0. The van der Waals surface area contributed by atoms with Crippen molar-refractivity contribution in [1.82, 2.24) is 25.4 Å². The minimum absolute atomic E-state index is 0.126. The third kappa shape index (κ3) is 17.8. The average molecular weight is 1160 g/mol. The third-order valence-electron chi connectivity index (χ3n) is 18.2. The van der Waals surface area contributed by atoms with Gasteiger partial charge in [-0.15, -0.1) is 0 Å². The molecule has 1 aromatic heterocycles. The Morgan fingerprint density at radius 2 is 1.02 bits per heavy atom. The van der Waals surface area contributed by atoms with Gasteiger partial charge in [-0.25, -0.2) is 0 Å². The van der Waals surface area contributed by atoms with E-state index < -0.39 is 5.91 Å². The molecule has 2 aliphatic carbocycles. The van der Waals surface area contributed by atoms with Gasteiger partial charge in [-0.05, 0) is 200 Å². The largest absolute Gasteiger partial charge is 0.393 e. The predicted molar refractivity (Wildman–Crippen MR) is 352 cm³/mol. The number of primary amides is 1. The number of aryl methyl sites for hydroxylation is 2. The molecule has 4 fully saturated rings. The van der Waals surface area contributed by atoms with Crippen molar-refractivity contribution in [3.8, 4) is 22.3 Å². The van der Waals surface area contributed by atoms with E-state index in [2.05, 4.69) is 124 Å². The Balaban J connectivity index is 0.000000237. The van der Waals surface area contributed by atoms with Gasteiger partial charge in [-0.1, -0.05) is 113 Å². The number of aliphatic hydroxyl groups is 1. The lowest BCUT2D eigenvalue weighted by Gasteiger charge is -2.37. The maximum absolute atomic E-state index is 13.8. The number of likely N-dealkylation sites (tertiary alicyclic amines) is 2. The minimum atomic E-state index is -0.495. The molecule has 0 atom stereocenters. The fourth-order valence-electron chi connectivity index (χ4n) is 13.3. The number of rotatable bonds is 19. The van der Waals surface area contributed by atoms with Gasteiger partial charge in [0.05, 0.1) is 6.10 Å². The molecule has 2 aliphatic heterocycles. The van der Waals surface area contributed by atoms with E-state index in [1.165, 1.54) is 108 Å². The number of hydrogen-bond acceptors (Lipinski definition) is 9. The van der Waals surface area contributed by atoms with Crippen LogP contribution in [0.4, 0.5) is 11.4 Å². The molecule has 4 aromatic carbocycles. The first-order valence-corrected chi connectivity index (χ1v) is 32.4. The summed E-state index contributed by atoms with van der Waals surface area (Å²) in [5, 5.41) is 15.9. The number of aliphatic hydroxyl groups excluding tert-OH is 1. The van der Waals surface area contributed by atoms with Gasteiger partial charge in [0.2, 0.25) is 5.91 Å². The highest BCUT2D eigenvalue weighted by Gasteiger charge is 2.28. The fraction of sp³-hybridized carbons (Fsp3) is 0.528. The molecule has 85 heavy (non-hydrogen) atoms. The minimum Gasteiger partial charge on any atom is -0.393 e. The summed E-state index contributed by atoms with van der Waals surface area (Å²) in [4.78, 5) is 64.7. The van der Waals surface area contributed by atoms with Gasteiger partial charge in [0.1, 0.15) is 0 Å². The second kappa shape index (κ2) is 32.3. The number of aromatic nitrogens is 1. The molecule has 5 aromatic rings. The van der Waals surface area contributed by atoms with Gasteiger partial charge in [0.25, 0.3) is 17.4 Å². The molecule has 9 rings (SSSR count). The van der Waals surface area contributed by atoms with Crippen LogP contribution in [0, 0.1) is 27.7 Å². The van der Waals surface area contributed by atoms with Gasteiger partial charge in [-0.3, -0.25) is 29.0 Å². The van der Waals surface area contributed by atoms with Crippen LogP contribution in [-0.2, 0) is 24.4 Å². The molecule has 3 heterocycles. The van der Waals surface area contributed by atoms with Crippen molar-refractivity contribution in [2.24, 2.45) is 5.73 Å². The number of anilines is 2. The molecule has 0 spiro atoms. The van der Waals surface area contributed by atoms with Gasteiger partial charge in [0.15, 0.2) is 0 Å². The highest BCUT2D eigenvalue weighted by atomic mass is 16.3. The zero-order valence-corrected chi connectivity index (χ0v) is 53.4. The molecule has 3 amide bonds. The molecule has 0 bridgehead atoms. The topological polar surface area (TPSA) is 167 Å². The lowest BCUT2D eigenvalue weighted by molar-refractivity contribution is -0.114. The zero-order valence-electron chi connectivity index (χ0n) is 53.4. The van der Waals surface area contributed by atoms with E-state index in [0.29, 0.717) is 34.3 Å². The number of hydrogen-bond donors (Lipinski definition) is 5. The standard InChI is InChI=1S/C36H48N4O3.C34H48N4O2.C2H6/c1-5-40(30-9-7-6-8-10-30)34-21-29(28-13-11-27(12-14-28)23-39-17-15-31(41)16-18-39)20-32(26(34)4)35(42)37-22-33-24(2)19-25(3)38-36(33)43;1-5-38(29-12-8-6-9-13-29)32-21-28(27-16-14-26(15-17-27)23-37-18-10-7-11-19-37)20-30(25(32)4)34(40)36-22-31(24(2)3)33(35)39;1-2/h11-14,19-21,30-31,41H,5-10,15-18,22-23H2,1-4H3,(H,37,42)(H,38,43);14-17,20-21,29H,5-13,18-19,22-23H2,1-4H3,(H2,35,39)(H,36,40);1-2H3. The number of H-pyrrole nitrogens is 1. The number of nitrogens with two attached hydrogens (primary N) is 1. The SMILES string of the molecule is CC.CCN(c1cc(-c2ccc(CN3CCC(O)CC3)cc2)cc(C(=O)NCc2c(C)cc(C)[nH]c2=O)c1C)C1CCCCC1.CCN(c1cc(-c2ccc(CN3CCCCC3)cc2)cc(C(=O)NCC(C(N)=O)=C(C)C)c1C)C1CCCCC1. The number of amides is 3. The van der Waals surface area contributed by atoms with Crippen molar-refractivity contribution in [3.63, 3.8) is 0 Å². The van der Waals surface area contributed by atoms with E-state index in [1.807, 2.05) is 59.7 Å². The van der Waals surface area contributed by atoms with Crippen LogP contribution in [0.15, 0.2) is 94.8 Å². The Kier molecular flexibility index (Phi) is 25.1. The van der Waals surface area contributed by atoms with Crippen LogP contribution in [0.1, 0.15) is 198 Å². The molecule has 13 heteroatoms. The van der Waals surface area contributed by atoms with E-state index in [4.69, 9.17) is 5.73 Å². The Bertz CT molecular complexity index is 3080. The number of benzene rings is 4. The summed E-state index contributed by atoms with van der Waals surface area (Å²) in [6, 6.07) is 29.0. The second-order valence-electron chi connectivity index (χ2n) is 24.4. The van der Waals surface area contributed by atoms with Crippen molar-refractivity contribution < 1.29 is 19.5 Å². The zero-order chi connectivity index (χ0) is 61.2. The summed E-state index contributed by atoms with van der Waals surface area (Å²) in [5.41, 5.74) is 21.3. The Morgan fingerprint density at radius 1 is 0.588 bits per heavy atom. The molecule has 0 radical (unpaired) electrons. The van der Waals surface area contributed by atoms with Crippen molar-refractivity contribution in [1.29, 1.82) is 0 Å². The van der Waals surface area contributed by atoms with Crippen LogP contribution in [0.3, 0.4) is 0 Å². The van der Waals surface area contributed by atoms with Gasteiger partial charge < -0.3 is 36.3 Å². The van der Waals surface area contributed by atoms with Crippen LogP contribution < -0.4 is 31.7 Å². The van der Waals surface area contributed by atoms with Crippen LogP contribution in [0.5, 0.6) is 0 Å². The summed E-state index contributed by atoms with van der Waals surface area (Å²) < 4.78 is 0.